The first-order valence-corrected chi connectivity index (χ1v) is 10.2. The molecule has 0 aliphatic carbocycles. The van der Waals surface area contributed by atoms with Crippen LogP contribution in [0.15, 0.2) is 36.4 Å². The smallest absolute Gasteiger partial charge is 0.251 e. The first kappa shape index (κ1) is 21.7. The Balaban J connectivity index is 1.39. The number of ether oxygens (including phenoxy) is 2. The lowest BCUT2D eigenvalue weighted by molar-refractivity contribution is 0.0905. The summed E-state index contributed by atoms with van der Waals surface area (Å²) in [5.74, 6) is -0.0158. The molecule has 0 unspecified atom stereocenters. The highest BCUT2D eigenvalue weighted by molar-refractivity contribution is 6.42. The first-order chi connectivity index (χ1) is 14.0. The van der Waals surface area contributed by atoms with Crippen LogP contribution in [0.25, 0.3) is 0 Å². The van der Waals surface area contributed by atoms with E-state index in [1.54, 1.807) is 18.2 Å². The molecule has 0 radical (unpaired) electrons. The van der Waals surface area contributed by atoms with Gasteiger partial charge in [-0.05, 0) is 43.2 Å². The Morgan fingerprint density at radius 2 is 1.93 bits per heavy atom. The number of nitrogens with zero attached hydrogens (tertiary/aromatic N) is 1. The number of piperidine rings is 1. The number of carbonyl (C=O) groups excluding carboxylic acids is 1. The molecule has 0 bridgehead atoms. The minimum atomic E-state index is -0.552. The Hall–Kier alpha value is -2.02. The predicted octanol–water partition coefficient (Wildman–Crippen LogP) is 4.41. The van der Waals surface area contributed by atoms with E-state index >= 15 is 0 Å². The Morgan fingerprint density at radius 1 is 1.17 bits per heavy atom. The number of halogens is 3. The Bertz CT molecular complexity index is 858. The van der Waals surface area contributed by atoms with Crippen molar-refractivity contribution in [2.24, 2.45) is 0 Å². The molecule has 8 heteroatoms. The maximum atomic E-state index is 13.7. The lowest BCUT2D eigenvalue weighted by atomic mass is 10.1. The van der Waals surface area contributed by atoms with Gasteiger partial charge >= 0.3 is 0 Å². The van der Waals surface area contributed by atoms with E-state index in [-0.39, 0.29) is 23.3 Å². The summed E-state index contributed by atoms with van der Waals surface area (Å²) in [6.45, 7) is 2.96. The molecule has 1 fully saturated rings. The zero-order chi connectivity index (χ0) is 20.8. The summed E-state index contributed by atoms with van der Waals surface area (Å²) < 4.78 is 24.6. The van der Waals surface area contributed by atoms with Crippen molar-refractivity contribution in [2.75, 3.05) is 33.3 Å². The van der Waals surface area contributed by atoms with Crippen molar-refractivity contribution in [3.8, 4) is 11.5 Å². The van der Waals surface area contributed by atoms with Crippen LogP contribution in [0, 0.1) is 5.82 Å². The highest BCUT2D eigenvalue weighted by Crippen LogP contribution is 2.28. The summed E-state index contributed by atoms with van der Waals surface area (Å²) >= 11 is 11.9. The van der Waals surface area contributed by atoms with Gasteiger partial charge in [0.15, 0.2) is 11.6 Å². The maximum Gasteiger partial charge on any atom is 0.251 e. The van der Waals surface area contributed by atoms with Gasteiger partial charge in [-0.15, -0.1) is 0 Å². The molecule has 5 nitrogen and oxygen atoms in total. The fraction of sp³-hybridized carbons (Fsp3) is 0.381. The number of benzene rings is 2. The van der Waals surface area contributed by atoms with Gasteiger partial charge in [0.25, 0.3) is 5.91 Å². The van der Waals surface area contributed by atoms with Crippen molar-refractivity contribution in [3.05, 3.63) is 57.8 Å². The van der Waals surface area contributed by atoms with Crippen LogP contribution in [-0.2, 0) is 0 Å². The first-order valence-electron chi connectivity index (χ1n) is 9.42. The van der Waals surface area contributed by atoms with Gasteiger partial charge in [0, 0.05) is 37.8 Å². The number of methoxy groups -OCH3 is 1. The van der Waals surface area contributed by atoms with Crippen molar-refractivity contribution < 1.29 is 18.7 Å². The fourth-order valence-corrected chi connectivity index (χ4v) is 3.52. The van der Waals surface area contributed by atoms with Crippen molar-refractivity contribution in [2.45, 2.75) is 18.9 Å². The zero-order valence-electron chi connectivity index (χ0n) is 16.1. The second kappa shape index (κ2) is 10.1. The molecule has 1 N–H and O–H groups in total. The fourth-order valence-electron chi connectivity index (χ4n) is 3.23. The Morgan fingerprint density at radius 3 is 2.59 bits per heavy atom. The van der Waals surface area contributed by atoms with Crippen molar-refractivity contribution in [1.82, 2.24) is 10.2 Å². The van der Waals surface area contributed by atoms with E-state index in [1.165, 1.54) is 19.2 Å². The summed E-state index contributed by atoms with van der Waals surface area (Å²) in [6, 6.07) is 9.45. The second-order valence-corrected chi connectivity index (χ2v) is 7.65. The van der Waals surface area contributed by atoms with Gasteiger partial charge < -0.3 is 19.7 Å². The minimum Gasteiger partial charge on any atom is -0.494 e. The van der Waals surface area contributed by atoms with E-state index in [4.69, 9.17) is 32.7 Å². The van der Waals surface area contributed by atoms with E-state index < -0.39 is 5.82 Å². The number of hydrogen-bond acceptors (Lipinski definition) is 4. The number of amides is 1. The molecule has 1 saturated heterocycles. The summed E-state index contributed by atoms with van der Waals surface area (Å²) in [6.07, 6.45) is 1.90. The predicted molar refractivity (Wildman–Crippen MR) is 112 cm³/mol. The van der Waals surface area contributed by atoms with Gasteiger partial charge in [-0.25, -0.2) is 4.39 Å². The third-order valence-electron chi connectivity index (χ3n) is 4.86. The largest absolute Gasteiger partial charge is 0.494 e. The number of rotatable bonds is 7. The molecule has 2 aromatic carbocycles. The van der Waals surface area contributed by atoms with E-state index in [0.717, 1.165) is 38.2 Å². The highest BCUT2D eigenvalue weighted by Gasteiger charge is 2.21. The topological polar surface area (TPSA) is 50.8 Å². The van der Waals surface area contributed by atoms with Gasteiger partial charge in [-0.1, -0.05) is 23.2 Å². The van der Waals surface area contributed by atoms with E-state index in [2.05, 4.69) is 10.2 Å². The molecular formula is C21H23Cl2FN2O3. The molecule has 1 aliphatic rings. The van der Waals surface area contributed by atoms with Crippen molar-refractivity contribution >= 4 is 29.1 Å². The number of likely N-dealkylation sites (tertiary alicyclic amines) is 1. The van der Waals surface area contributed by atoms with Gasteiger partial charge in [0.2, 0.25) is 0 Å². The van der Waals surface area contributed by atoms with Crippen LogP contribution in [0.4, 0.5) is 4.39 Å². The lowest BCUT2D eigenvalue weighted by Crippen LogP contribution is -2.42. The average Bonchev–Trinajstić information content (AvgIpc) is 2.72. The second-order valence-electron chi connectivity index (χ2n) is 6.84. The van der Waals surface area contributed by atoms with Gasteiger partial charge in [0.05, 0.1) is 17.2 Å². The summed E-state index contributed by atoms with van der Waals surface area (Å²) in [7, 11) is 1.39. The summed E-state index contributed by atoms with van der Waals surface area (Å²) in [5.41, 5.74) is 0.275. The van der Waals surface area contributed by atoms with Crippen molar-refractivity contribution in [1.29, 1.82) is 0 Å². The van der Waals surface area contributed by atoms with E-state index in [9.17, 15) is 9.18 Å². The molecule has 0 saturated carbocycles. The molecule has 1 heterocycles. The SMILES string of the molecule is COc1ccc(C(=O)NCCN2CCC(Oc3ccc(Cl)c(Cl)c3)CC2)cc1F. The molecule has 3 rings (SSSR count). The average molecular weight is 441 g/mol. The van der Waals surface area contributed by atoms with Crippen LogP contribution in [0.5, 0.6) is 11.5 Å². The monoisotopic (exact) mass is 440 g/mol. The van der Waals surface area contributed by atoms with Crippen LogP contribution in [-0.4, -0.2) is 50.2 Å². The van der Waals surface area contributed by atoms with Crippen LogP contribution in [0.3, 0.4) is 0 Å². The highest BCUT2D eigenvalue weighted by atomic mass is 35.5. The normalized spacial score (nSPS) is 15.2. The van der Waals surface area contributed by atoms with E-state index in [0.29, 0.717) is 16.6 Å². The third-order valence-corrected chi connectivity index (χ3v) is 5.60. The molecule has 156 valence electrons. The van der Waals surface area contributed by atoms with Crippen LogP contribution in [0.1, 0.15) is 23.2 Å². The third kappa shape index (κ3) is 5.98. The Labute approximate surface area is 179 Å². The molecule has 1 aliphatic heterocycles. The number of carbonyl (C=O) groups is 1. The van der Waals surface area contributed by atoms with Gasteiger partial charge in [0.1, 0.15) is 11.9 Å². The molecule has 0 spiro atoms. The van der Waals surface area contributed by atoms with Gasteiger partial charge in [-0.3, -0.25) is 4.79 Å². The Kier molecular flexibility index (Phi) is 7.58. The number of hydrogen-bond donors (Lipinski definition) is 1. The maximum absolute atomic E-state index is 13.7. The number of nitrogens with one attached hydrogen (secondary N) is 1. The summed E-state index contributed by atoms with van der Waals surface area (Å²) in [4.78, 5) is 14.4. The van der Waals surface area contributed by atoms with Crippen LogP contribution < -0.4 is 14.8 Å². The van der Waals surface area contributed by atoms with Crippen LogP contribution in [0.2, 0.25) is 10.0 Å². The molecule has 2 aromatic rings. The molecule has 29 heavy (non-hydrogen) atoms. The van der Waals surface area contributed by atoms with Crippen molar-refractivity contribution in [3.63, 3.8) is 0 Å². The molecule has 0 aromatic heterocycles. The lowest BCUT2D eigenvalue weighted by Gasteiger charge is -2.32. The minimum absolute atomic E-state index is 0.118. The standard InChI is InChI=1S/C21H23Cl2FN2O3/c1-28-20-5-2-14(12-19(20)24)21(27)25-8-11-26-9-6-15(7-10-26)29-16-3-4-17(22)18(23)13-16/h2-5,12-13,15H,6-11H2,1H3,(H,25,27). The van der Waals surface area contributed by atoms with Crippen LogP contribution >= 0.6 is 23.2 Å². The quantitative estimate of drug-likeness (QED) is 0.692. The molecule has 1 amide bonds. The zero-order valence-corrected chi connectivity index (χ0v) is 17.6. The summed E-state index contributed by atoms with van der Waals surface area (Å²) in [5, 5.41) is 3.82. The van der Waals surface area contributed by atoms with Gasteiger partial charge in [-0.2, -0.15) is 0 Å². The molecule has 0 atom stereocenters. The molecular weight excluding hydrogens is 418 g/mol. The van der Waals surface area contributed by atoms with E-state index in [1.807, 2.05) is 6.07 Å².